The Labute approximate surface area is 58.9 Å². The Morgan fingerprint density at radius 3 is 3.33 bits per heavy atom. The summed E-state index contributed by atoms with van der Waals surface area (Å²) in [5.74, 6) is 1.27. The van der Waals surface area contributed by atoms with E-state index < -0.39 is 0 Å². The summed E-state index contributed by atoms with van der Waals surface area (Å²) in [6.07, 6.45) is 1.23. The van der Waals surface area contributed by atoms with E-state index in [1.807, 2.05) is 11.8 Å². The van der Waals surface area contributed by atoms with Crippen LogP contribution in [0.3, 0.4) is 0 Å². The van der Waals surface area contributed by atoms with Crippen LogP contribution in [0.15, 0.2) is 11.0 Å². The molecule has 1 aliphatic heterocycles. The van der Waals surface area contributed by atoms with Crippen LogP contribution < -0.4 is 0 Å². The highest BCUT2D eigenvalue weighted by Gasteiger charge is 2.12. The van der Waals surface area contributed by atoms with Crippen molar-refractivity contribution >= 4 is 11.8 Å². The van der Waals surface area contributed by atoms with Gasteiger partial charge in [0.05, 0.1) is 0 Å². The Bertz CT molecular complexity index is 205. The lowest BCUT2D eigenvalue weighted by molar-refractivity contribution is 1.05. The molecule has 2 heteroatoms. The number of rotatable bonds is 0. The zero-order valence-electron chi connectivity index (χ0n) is 5.40. The third-order valence-electron chi connectivity index (χ3n) is 1.60. The van der Waals surface area contributed by atoms with E-state index in [1.54, 1.807) is 0 Å². The lowest BCUT2D eigenvalue weighted by atomic mass is 10.3. The van der Waals surface area contributed by atoms with Crippen LogP contribution in [0.5, 0.6) is 0 Å². The van der Waals surface area contributed by atoms with Gasteiger partial charge in [0.15, 0.2) is 0 Å². The minimum absolute atomic E-state index is 1.23. The first-order valence-corrected chi connectivity index (χ1v) is 4.16. The number of hydrogen-bond acceptors (Lipinski definition) is 1. The number of fused-ring (bicyclic) bond motifs is 1. The fourth-order valence-electron chi connectivity index (χ4n) is 1.20. The van der Waals surface area contributed by atoms with Gasteiger partial charge in [-0.1, -0.05) is 0 Å². The molecule has 0 amide bonds. The lowest BCUT2D eigenvalue weighted by Crippen LogP contribution is -1.80. The molecule has 0 fully saturated rings. The van der Waals surface area contributed by atoms with Crippen LogP contribution in [0.1, 0.15) is 11.4 Å². The maximum atomic E-state index is 3.34. The van der Waals surface area contributed by atoms with Gasteiger partial charge in [0.2, 0.25) is 0 Å². The Balaban J connectivity index is 2.51. The SMILES string of the molecule is Cc1cc2c([nH]1)CCS2. The molecule has 9 heavy (non-hydrogen) atoms. The molecule has 0 atom stereocenters. The summed E-state index contributed by atoms with van der Waals surface area (Å²) in [5.41, 5.74) is 2.74. The van der Waals surface area contributed by atoms with Gasteiger partial charge >= 0.3 is 0 Å². The van der Waals surface area contributed by atoms with Crippen LogP contribution in [-0.4, -0.2) is 10.7 Å². The van der Waals surface area contributed by atoms with E-state index in [0.717, 1.165) is 0 Å². The predicted octanol–water partition coefficient (Wildman–Crippen LogP) is 1.97. The Kier molecular flexibility index (Phi) is 1.09. The third kappa shape index (κ3) is 0.778. The molecule has 2 rings (SSSR count). The van der Waals surface area contributed by atoms with Crippen LogP contribution in [-0.2, 0) is 6.42 Å². The molecule has 0 bridgehead atoms. The van der Waals surface area contributed by atoms with Crippen LogP contribution in [0.2, 0.25) is 0 Å². The van der Waals surface area contributed by atoms with Crippen molar-refractivity contribution < 1.29 is 0 Å². The average Bonchev–Trinajstić information content (AvgIpc) is 2.22. The average molecular weight is 139 g/mol. The Hall–Kier alpha value is -0.370. The van der Waals surface area contributed by atoms with Crippen LogP contribution >= 0.6 is 11.8 Å². The van der Waals surface area contributed by atoms with Crippen molar-refractivity contribution in [1.29, 1.82) is 0 Å². The highest BCUT2D eigenvalue weighted by Crippen LogP contribution is 2.30. The standard InChI is InChI=1S/C7H9NS/c1-5-4-7-6(8-5)2-3-9-7/h4,8H,2-3H2,1H3. The van der Waals surface area contributed by atoms with Gasteiger partial charge in [-0.15, -0.1) is 11.8 Å². The highest BCUT2D eigenvalue weighted by atomic mass is 32.2. The van der Waals surface area contributed by atoms with E-state index in [0.29, 0.717) is 0 Å². The molecule has 0 aromatic carbocycles. The molecule has 0 spiro atoms. The van der Waals surface area contributed by atoms with Gasteiger partial charge < -0.3 is 4.98 Å². The summed E-state index contributed by atoms with van der Waals surface area (Å²) in [6.45, 7) is 2.11. The van der Waals surface area contributed by atoms with Gasteiger partial charge in [-0.05, 0) is 19.4 Å². The molecule has 1 aromatic rings. The van der Waals surface area contributed by atoms with Crippen molar-refractivity contribution in [3.05, 3.63) is 17.5 Å². The topological polar surface area (TPSA) is 15.8 Å². The van der Waals surface area contributed by atoms with Crippen molar-refractivity contribution in [3.8, 4) is 0 Å². The van der Waals surface area contributed by atoms with Gasteiger partial charge in [-0.25, -0.2) is 0 Å². The van der Waals surface area contributed by atoms with Crippen molar-refractivity contribution in [2.45, 2.75) is 18.2 Å². The van der Waals surface area contributed by atoms with Crippen molar-refractivity contribution in [2.75, 3.05) is 5.75 Å². The van der Waals surface area contributed by atoms with E-state index in [4.69, 9.17) is 0 Å². The second kappa shape index (κ2) is 1.81. The van der Waals surface area contributed by atoms with Crippen LogP contribution in [0, 0.1) is 6.92 Å². The van der Waals surface area contributed by atoms with Gasteiger partial charge in [0.1, 0.15) is 0 Å². The van der Waals surface area contributed by atoms with E-state index in [1.165, 1.54) is 28.5 Å². The molecular formula is C7H9NS. The minimum Gasteiger partial charge on any atom is -0.362 e. The lowest BCUT2D eigenvalue weighted by Gasteiger charge is -1.83. The fraction of sp³-hybridized carbons (Fsp3) is 0.429. The number of nitrogens with one attached hydrogen (secondary N) is 1. The molecule has 0 unspecified atom stereocenters. The molecule has 0 aliphatic carbocycles. The zero-order valence-corrected chi connectivity index (χ0v) is 6.22. The summed E-state index contributed by atoms with van der Waals surface area (Å²) in [5, 5.41) is 0. The Morgan fingerprint density at radius 1 is 1.67 bits per heavy atom. The molecule has 2 heterocycles. The number of aromatic amines is 1. The maximum absolute atomic E-state index is 3.34. The second-order valence-electron chi connectivity index (χ2n) is 2.39. The molecule has 1 N–H and O–H groups in total. The van der Waals surface area contributed by atoms with Crippen molar-refractivity contribution in [2.24, 2.45) is 0 Å². The molecule has 48 valence electrons. The number of aromatic nitrogens is 1. The van der Waals surface area contributed by atoms with Gasteiger partial charge in [0.25, 0.3) is 0 Å². The summed E-state index contributed by atoms with van der Waals surface area (Å²) < 4.78 is 0. The summed E-state index contributed by atoms with van der Waals surface area (Å²) in [6, 6.07) is 2.23. The first-order valence-electron chi connectivity index (χ1n) is 3.17. The predicted molar refractivity (Wildman–Crippen MR) is 40.0 cm³/mol. The molecule has 1 nitrogen and oxygen atoms in total. The highest BCUT2D eigenvalue weighted by molar-refractivity contribution is 7.99. The monoisotopic (exact) mass is 139 g/mol. The van der Waals surface area contributed by atoms with E-state index in [9.17, 15) is 0 Å². The summed E-state index contributed by atoms with van der Waals surface area (Å²) in [7, 11) is 0. The number of aryl methyl sites for hydroxylation is 2. The van der Waals surface area contributed by atoms with Gasteiger partial charge in [-0.2, -0.15) is 0 Å². The van der Waals surface area contributed by atoms with Crippen LogP contribution in [0.25, 0.3) is 0 Å². The molecule has 0 radical (unpaired) electrons. The smallest absolute Gasteiger partial charge is 0.0295 e. The summed E-state index contributed by atoms with van der Waals surface area (Å²) >= 11 is 1.96. The summed E-state index contributed by atoms with van der Waals surface area (Å²) in [4.78, 5) is 4.80. The second-order valence-corrected chi connectivity index (χ2v) is 3.53. The quantitative estimate of drug-likeness (QED) is 0.581. The normalized spacial score (nSPS) is 16.1. The number of thioether (sulfide) groups is 1. The van der Waals surface area contributed by atoms with Gasteiger partial charge in [-0.3, -0.25) is 0 Å². The van der Waals surface area contributed by atoms with Gasteiger partial charge in [0, 0.05) is 22.0 Å². The van der Waals surface area contributed by atoms with Crippen molar-refractivity contribution in [1.82, 2.24) is 4.98 Å². The minimum atomic E-state index is 1.23. The molecule has 0 saturated carbocycles. The molecule has 1 aliphatic rings. The zero-order chi connectivity index (χ0) is 6.27. The van der Waals surface area contributed by atoms with E-state index in [2.05, 4.69) is 18.0 Å². The first kappa shape index (κ1) is 5.42. The fourth-order valence-corrected chi connectivity index (χ4v) is 2.31. The van der Waals surface area contributed by atoms with E-state index in [-0.39, 0.29) is 0 Å². The van der Waals surface area contributed by atoms with Crippen LogP contribution in [0.4, 0.5) is 0 Å². The molecule has 1 aromatic heterocycles. The maximum Gasteiger partial charge on any atom is 0.0295 e. The van der Waals surface area contributed by atoms with E-state index >= 15 is 0 Å². The third-order valence-corrected chi connectivity index (χ3v) is 2.69. The Morgan fingerprint density at radius 2 is 2.56 bits per heavy atom. The number of hydrogen-bond donors (Lipinski definition) is 1. The van der Waals surface area contributed by atoms with Crippen molar-refractivity contribution in [3.63, 3.8) is 0 Å². The first-order chi connectivity index (χ1) is 4.36. The largest absolute Gasteiger partial charge is 0.362 e. The molecular weight excluding hydrogens is 130 g/mol. The number of H-pyrrole nitrogens is 1. The molecule has 0 saturated heterocycles.